The Hall–Kier alpha value is -3.03. The summed E-state index contributed by atoms with van der Waals surface area (Å²) in [6.07, 6.45) is 4.42. The summed E-state index contributed by atoms with van der Waals surface area (Å²) in [5.74, 6) is 0.744. The third-order valence-corrected chi connectivity index (χ3v) is 3.76. The minimum Gasteiger partial charge on any atom is -0.399 e. The highest BCUT2D eigenvalue weighted by Gasteiger charge is 2.11. The van der Waals surface area contributed by atoms with E-state index in [0.29, 0.717) is 23.6 Å². The van der Waals surface area contributed by atoms with Crippen molar-refractivity contribution in [2.24, 2.45) is 10.7 Å². The molecule has 1 aromatic heterocycles. The number of amides is 1. The second kappa shape index (κ2) is 8.89. The predicted molar refractivity (Wildman–Crippen MR) is 106 cm³/mol. The Bertz CT molecular complexity index is 780. The number of unbranched alkanes of at least 4 members (excludes halogenated alkanes) is 1. The minimum atomic E-state index is -0.0346. The lowest BCUT2D eigenvalue weighted by Crippen LogP contribution is -2.26. The fraction of sp³-hybridized carbons (Fsp3) is 0.389. The fourth-order valence-corrected chi connectivity index (χ4v) is 2.53. The summed E-state index contributed by atoms with van der Waals surface area (Å²) in [5, 5.41) is 7.03. The van der Waals surface area contributed by atoms with Crippen LogP contribution in [0.1, 0.15) is 38.7 Å². The van der Waals surface area contributed by atoms with Crippen LogP contribution in [0.2, 0.25) is 0 Å². The Morgan fingerprint density at radius 1 is 1.31 bits per heavy atom. The van der Waals surface area contributed by atoms with Crippen LogP contribution in [0.15, 0.2) is 35.5 Å². The normalized spacial score (nSPS) is 11.7. The number of rotatable bonds is 7. The summed E-state index contributed by atoms with van der Waals surface area (Å²) in [7, 11) is 0. The molecule has 8 nitrogen and oxygen atoms in total. The maximum absolute atomic E-state index is 12.0. The van der Waals surface area contributed by atoms with Gasteiger partial charge in [-0.25, -0.2) is 4.99 Å². The van der Waals surface area contributed by atoms with Gasteiger partial charge in [-0.05, 0) is 51.3 Å². The summed E-state index contributed by atoms with van der Waals surface area (Å²) in [4.78, 5) is 16.2. The van der Waals surface area contributed by atoms with Gasteiger partial charge < -0.3 is 22.5 Å². The highest BCUT2D eigenvalue weighted by atomic mass is 16.1. The molecule has 7 N–H and O–H groups in total. The summed E-state index contributed by atoms with van der Waals surface area (Å²) < 4.78 is 1.45. The standard InChI is InChI=1S/C18H27N7O/c1-12(2)23-18(21)25-17(20)13(11-22-25)6-3-4-9-16(26)24-15-8-5-7-14(19)10-15/h5,7-8,10-12H,3-4,6,9,19-20H2,1-2H3,(H2,21,23)(H,24,26). The maximum atomic E-state index is 12.0. The molecule has 26 heavy (non-hydrogen) atoms. The van der Waals surface area contributed by atoms with E-state index in [4.69, 9.17) is 17.2 Å². The summed E-state index contributed by atoms with van der Waals surface area (Å²) >= 11 is 0. The number of aliphatic imine (C=N–C) groups is 1. The van der Waals surface area contributed by atoms with E-state index in [0.717, 1.165) is 24.8 Å². The Labute approximate surface area is 153 Å². The third-order valence-electron chi connectivity index (χ3n) is 3.76. The van der Waals surface area contributed by atoms with Crippen molar-refractivity contribution in [1.29, 1.82) is 0 Å². The molecular weight excluding hydrogens is 330 g/mol. The third kappa shape index (κ3) is 5.51. The Kier molecular flexibility index (Phi) is 6.60. The average Bonchev–Trinajstić information content (AvgIpc) is 2.92. The lowest BCUT2D eigenvalue weighted by molar-refractivity contribution is -0.116. The van der Waals surface area contributed by atoms with E-state index in [1.807, 2.05) is 19.9 Å². The monoisotopic (exact) mass is 357 g/mol. The number of hydrogen-bond acceptors (Lipinski definition) is 5. The van der Waals surface area contributed by atoms with Crippen LogP contribution in [0.4, 0.5) is 17.2 Å². The molecule has 0 saturated carbocycles. The molecule has 0 bridgehead atoms. The molecule has 0 aliphatic carbocycles. The first-order valence-electron chi connectivity index (χ1n) is 8.68. The van der Waals surface area contributed by atoms with Crippen molar-refractivity contribution in [3.63, 3.8) is 0 Å². The van der Waals surface area contributed by atoms with Crippen molar-refractivity contribution >= 4 is 29.1 Å². The fourth-order valence-electron chi connectivity index (χ4n) is 2.53. The zero-order chi connectivity index (χ0) is 19.1. The number of anilines is 3. The molecule has 2 aromatic rings. The predicted octanol–water partition coefficient (Wildman–Crippen LogP) is 1.97. The van der Waals surface area contributed by atoms with Gasteiger partial charge in [-0.15, -0.1) is 0 Å². The summed E-state index contributed by atoms with van der Waals surface area (Å²) in [6.45, 7) is 3.87. The molecular formula is C18H27N7O. The van der Waals surface area contributed by atoms with Crippen molar-refractivity contribution < 1.29 is 4.79 Å². The SMILES string of the molecule is CC(C)N=C(N)n1ncc(CCCCC(=O)Nc2cccc(N)c2)c1N. The van der Waals surface area contributed by atoms with Gasteiger partial charge in [0.05, 0.1) is 6.20 Å². The largest absolute Gasteiger partial charge is 0.399 e. The number of carbonyl (C=O) groups excluding carboxylic acids is 1. The molecule has 0 aliphatic rings. The topological polar surface area (TPSA) is 137 Å². The molecule has 140 valence electrons. The van der Waals surface area contributed by atoms with Crippen molar-refractivity contribution in [1.82, 2.24) is 9.78 Å². The van der Waals surface area contributed by atoms with E-state index >= 15 is 0 Å². The van der Waals surface area contributed by atoms with E-state index < -0.39 is 0 Å². The first kappa shape index (κ1) is 19.3. The van der Waals surface area contributed by atoms with Gasteiger partial charge in [0.2, 0.25) is 11.9 Å². The van der Waals surface area contributed by atoms with Gasteiger partial charge in [-0.2, -0.15) is 9.78 Å². The van der Waals surface area contributed by atoms with Crippen LogP contribution in [0.25, 0.3) is 0 Å². The average molecular weight is 357 g/mol. The smallest absolute Gasteiger partial charge is 0.224 e. The molecule has 0 spiro atoms. The van der Waals surface area contributed by atoms with Gasteiger partial charge in [-0.3, -0.25) is 4.79 Å². The van der Waals surface area contributed by atoms with E-state index in [1.54, 1.807) is 24.4 Å². The number of aromatic nitrogens is 2. The number of nitrogens with one attached hydrogen (secondary N) is 1. The van der Waals surface area contributed by atoms with Gasteiger partial charge in [-0.1, -0.05) is 6.07 Å². The van der Waals surface area contributed by atoms with Crippen LogP contribution in [0.3, 0.4) is 0 Å². The number of nitrogens with zero attached hydrogens (tertiary/aromatic N) is 3. The van der Waals surface area contributed by atoms with E-state index in [2.05, 4.69) is 15.4 Å². The highest BCUT2D eigenvalue weighted by Crippen LogP contribution is 2.16. The molecule has 0 radical (unpaired) electrons. The highest BCUT2D eigenvalue weighted by molar-refractivity contribution is 5.91. The van der Waals surface area contributed by atoms with Gasteiger partial charge >= 0.3 is 0 Å². The number of hydrogen-bond donors (Lipinski definition) is 4. The van der Waals surface area contributed by atoms with Crippen molar-refractivity contribution in [3.05, 3.63) is 36.0 Å². The number of aryl methyl sites for hydroxylation is 1. The number of carbonyl (C=O) groups is 1. The molecule has 1 aromatic carbocycles. The second-order valence-electron chi connectivity index (χ2n) is 6.43. The Morgan fingerprint density at radius 2 is 2.08 bits per heavy atom. The zero-order valence-electron chi connectivity index (χ0n) is 15.3. The van der Waals surface area contributed by atoms with Gasteiger partial charge in [0.15, 0.2) is 0 Å². The maximum Gasteiger partial charge on any atom is 0.224 e. The van der Waals surface area contributed by atoms with E-state index in [1.165, 1.54) is 4.68 Å². The zero-order valence-corrected chi connectivity index (χ0v) is 15.3. The number of benzene rings is 1. The molecule has 2 rings (SSSR count). The number of nitrogens with two attached hydrogens (primary N) is 3. The Morgan fingerprint density at radius 3 is 2.77 bits per heavy atom. The molecule has 0 fully saturated rings. The first-order chi connectivity index (χ1) is 12.4. The van der Waals surface area contributed by atoms with Gasteiger partial charge in [0.1, 0.15) is 5.82 Å². The summed E-state index contributed by atoms with van der Waals surface area (Å²) in [6, 6.07) is 7.20. The van der Waals surface area contributed by atoms with Crippen LogP contribution in [-0.4, -0.2) is 27.7 Å². The van der Waals surface area contributed by atoms with Crippen LogP contribution in [-0.2, 0) is 11.2 Å². The van der Waals surface area contributed by atoms with E-state index in [9.17, 15) is 4.79 Å². The Balaban J connectivity index is 1.79. The minimum absolute atomic E-state index is 0.0346. The van der Waals surface area contributed by atoms with Gasteiger partial charge in [0, 0.05) is 29.4 Å². The van der Waals surface area contributed by atoms with Crippen LogP contribution >= 0.6 is 0 Å². The molecule has 8 heteroatoms. The quantitative estimate of drug-likeness (QED) is 0.260. The molecule has 0 unspecified atom stereocenters. The second-order valence-corrected chi connectivity index (χ2v) is 6.43. The van der Waals surface area contributed by atoms with Crippen molar-refractivity contribution in [2.45, 2.75) is 45.6 Å². The number of nitrogen functional groups attached to an aromatic ring is 2. The molecule has 0 aliphatic heterocycles. The summed E-state index contributed by atoms with van der Waals surface area (Å²) in [5.41, 5.74) is 19.9. The first-order valence-corrected chi connectivity index (χ1v) is 8.68. The molecule has 1 amide bonds. The lowest BCUT2D eigenvalue weighted by atomic mass is 10.1. The lowest BCUT2D eigenvalue weighted by Gasteiger charge is -2.07. The van der Waals surface area contributed by atoms with Crippen LogP contribution in [0, 0.1) is 0 Å². The van der Waals surface area contributed by atoms with Crippen LogP contribution in [0.5, 0.6) is 0 Å². The van der Waals surface area contributed by atoms with Crippen LogP contribution < -0.4 is 22.5 Å². The van der Waals surface area contributed by atoms with Crippen molar-refractivity contribution in [2.75, 3.05) is 16.8 Å². The van der Waals surface area contributed by atoms with Gasteiger partial charge in [0.25, 0.3) is 0 Å². The molecule has 0 atom stereocenters. The molecule has 1 heterocycles. The van der Waals surface area contributed by atoms with Crippen molar-refractivity contribution in [3.8, 4) is 0 Å². The molecule has 0 saturated heterocycles. The van der Waals surface area contributed by atoms with E-state index in [-0.39, 0.29) is 17.9 Å².